The Morgan fingerprint density at radius 2 is 1.74 bits per heavy atom. The molecule has 232 valence electrons. The standard InChI is InChI=1S/C32H41BrN4O6/c1-4-41-30(38)17-25(18-31(39)42-5-2)37-13-11-22(12-14-37)8-7-15-43-29-19-26-27(20-28(29)40-3)34-21-35-32(26)36-24-10-6-9-23(33)16-24/h6,9-10,16,19-22,25H,4-5,7-8,11-15,17-18H2,1-3H3,(H,34,35,36). The fourth-order valence-corrected chi connectivity index (χ4v) is 5.85. The molecule has 1 aromatic heterocycles. The Labute approximate surface area is 261 Å². The van der Waals surface area contributed by atoms with Gasteiger partial charge in [-0.2, -0.15) is 0 Å². The van der Waals surface area contributed by atoms with E-state index in [2.05, 4.69) is 36.1 Å². The van der Waals surface area contributed by atoms with E-state index in [1.165, 1.54) is 6.33 Å². The zero-order valence-electron chi connectivity index (χ0n) is 25.1. The van der Waals surface area contributed by atoms with Crippen LogP contribution in [0.1, 0.15) is 52.4 Å². The summed E-state index contributed by atoms with van der Waals surface area (Å²) in [5.74, 6) is 1.97. The lowest BCUT2D eigenvalue weighted by atomic mass is 9.91. The number of aromatic nitrogens is 2. The van der Waals surface area contributed by atoms with E-state index in [0.29, 0.717) is 43.1 Å². The van der Waals surface area contributed by atoms with E-state index in [1.54, 1.807) is 21.0 Å². The minimum Gasteiger partial charge on any atom is -0.493 e. The molecule has 0 atom stereocenters. The van der Waals surface area contributed by atoms with Crippen molar-refractivity contribution in [3.05, 3.63) is 47.2 Å². The van der Waals surface area contributed by atoms with Crippen LogP contribution >= 0.6 is 15.9 Å². The van der Waals surface area contributed by atoms with Crippen LogP contribution in [0.15, 0.2) is 47.2 Å². The number of carbonyl (C=O) groups is 2. The molecule has 0 spiro atoms. The number of nitrogens with zero attached hydrogens (tertiary/aromatic N) is 3. The lowest BCUT2D eigenvalue weighted by Gasteiger charge is -2.37. The highest BCUT2D eigenvalue weighted by Crippen LogP contribution is 2.35. The van der Waals surface area contributed by atoms with E-state index >= 15 is 0 Å². The predicted molar refractivity (Wildman–Crippen MR) is 169 cm³/mol. The van der Waals surface area contributed by atoms with Crippen LogP contribution in [0.5, 0.6) is 11.5 Å². The van der Waals surface area contributed by atoms with Crippen LogP contribution in [0.3, 0.4) is 0 Å². The van der Waals surface area contributed by atoms with Gasteiger partial charge in [-0.3, -0.25) is 14.5 Å². The van der Waals surface area contributed by atoms with Crippen LogP contribution in [0.2, 0.25) is 0 Å². The number of rotatable bonds is 15. The number of piperidine rings is 1. The smallest absolute Gasteiger partial charge is 0.307 e. The summed E-state index contributed by atoms with van der Waals surface area (Å²) >= 11 is 3.51. The molecule has 0 saturated carbocycles. The van der Waals surface area contributed by atoms with Crippen molar-refractivity contribution in [2.45, 2.75) is 58.4 Å². The van der Waals surface area contributed by atoms with Crippen molar-refractivity contribution in [3.63, 3.8) is 0 Å². The summed E-state index contributed by atoms with van der Waals surface area (Å²) in [5, 5.41) is 4.21. The van der Waals surface area contributed by atoms with Crippen molar-refractivity contribution in [3.8, 4) is 11.5 Å². The summed E-state index contributed by atoms with van der Waals surface area (Å²) in [5.41, 5.74) is 1.67. The number of esters is 2. The van der Waals surface area contributed by atoms with Crippen LogP contribution in [-0.2, 0) is 19.1 Å². The Balaban J connectivity index is 1.31. The number of nitrogens with one attached hydrogen (secondary N) is 1. The fourth-order valence-electron chi connectivity index (χ4n) is 5.45. The number of hydrogen-bond acceptors (Lipinski definition) is 10. The van der Waals surface area contributed by atoms with Gasteiger partial charge in [-0.15, -0.1) is 0 Å². The molecule has 2 aromatic carbocycles. The highest BCUT2D eigenvalue weighted by Gasteiger charge is 2.29. The minimum atomic E-state index is -0.275. The number of carbonyl (C=O) groups excluding carboxylic acids is 2. The van der Waals surface area contributed by atoms with Gasteiger partial charge >= 0.3 is 11.9 Å². The first kappa shape index (κ1) is 32.5. The third-order valence-electron chi connectivity index (χ3n) is 7.60. The number of fused-ring (bicyclic) bond motifs is 1. The zero-order valence-corrected chi connectivity index (χ0v) is 26.7. The third-order valence-corrected chi connectivity index (χ3v) is 8.10. The molecule has 0 unspecified atom stereocenters. The van der Waals surface area contributed by atoms with Crippen molar-refractivity contribution >= 4 is 50.3 Å². The number of hydrogen-bond donors (Lipinski definition) is 1. The fraction of sp³-hybridized carbons (Fsp3) is 0.500. The molecule has 4 rings (SSSR count). The Hall–Kier alpha value is -3.44. The van der Waals surface area contributed by atoms with Gasteiger partial charge < -0.3 is 24.3 Å². The molecule has 1 aliphatic heterocycles. The molecule has 10 nitrogen and oxygen atoms in total. The lowest BCUT2D eigenvalue weighted by molar-refractivity contribution is -0.147. The summed E-state index contributed by atoms with van der Waals surface area (Å²) in [6, 6.07) is 11.5. The number of ether oxygens (including phenoxy) is 4. The molecule has 0 amide bonds. The Morgan fingerprint density at radius 1 is 1.02 bits per heavy atom. The molecular weight excluding hydrogens is 616 g/mol. The van der Waals surface area contributed by atoms with E-state index in [0.717, 1.165) is 59.8 Å². The maximum Gasteiger partial charge on any atom is 0.307 e. The molecule has 3 aromatic rings. The monoisotopic (exact) mass is 656 g/mol. The van der Waals surface area contributed by atoms with Crippen molar-refractivity contribution < 1.29 is 28.5 Å². The van der Waals surface area contributed by atoms with Crippen molar-refractivity contribution in [2.75, 3.05) is 45.3 Å². The first-order valence-electron chi connectivity index (χ1n) is 14.9. The van der Waals surface area contributed by atoms with Gasteiger partial charge in [0.2, 0.25) is 0 Å². The molecular formula is C32H41BrN4O6. The number of halogens is 1. The van der Waals surface area contributed by atoms with Crippen LogP contribution in [0.4, 0.5) is 11.5 Å². The van der Waals surface area contributed by atoms with Gasteiger partial charge in [-0.25, -0.2) is 9.97 Å². The van der Waals surface area contributed by atoms with E-state index in [4.69, 9.17) is 18.9 Å². The number of anilines is 2. The molecule has 1 N–H and O–H groups in total. The molecule has 0 aliphatic carbocycles. The summed E-state index contributed by atoms with van der Waals surface area (Å²) in [7, 11) is 1.63. The Bertz CT molecular complexity index is 1340. The largest absolute Gasteiger partial charge is 0.493 e. The van der Waals surface area contributed by atoms with Crippen molar-refractivity contribution in [2.24, 2.45) is 5.92 Å². The predicted octanol–water partition coefficient (Wildman–Crippen LogP) is 6.29. The first-order valence-corrected chi connectivity index (χ1v) is 15.7. The summed E-state index contributed by atoms with van der Waals surface area (Å²) in [6.45, 7) is 6.46. The number of benzene rings is 2. The quantitative estimate of drug-likeness (QED) is 0.148. The van der Waals surface area contributed by atoms with E-state index in [-0.39, 0.29) is 30.8 Å². The molecule has 1 saturated heterocycles. The maximum absolute atomic E-state index is 12.2. The normalized spacial score (nSPS) is 14.1. The maximum atomic E-state index is 12.2. The third kappa shape index (κ3) is 9.53. The van der Waals surface area contributed by atoms with Gasteiger partial charge in [0, 0.05) is 27.7 Å². The first-order chi connectivity index (χ1) is 20.9. The van der Waals surface area contributed by atoms with E-state index in [1.807, 2.05) is 36.4 Å². The SMILES string of the molecule is CCOC(=O)CC(CC(=O)OCC)N1CCC(CCCOc2cc3c(Nc4cccc(Br)c4)ncnc3cc2OC)CC1. The highest BCUT2D eigenvalue weighted by atomic mass is 79.9. The molecule has 43 heavy (non-hydrogen) atoms. The van der Waals surface area contributed by atoms with E-state index < -0.39 is 0 Å². The second kappa shape index (κ2) is 16.4. The molecule has 11 heteroatoms. The average Bonchev–Trinajstić information content (AvgIpc) is 2.99. The van der Waals surface area contributed by atoms with Gasteiger partial charge in [-0.1, -0.05) is 22.0 Å². The van der Waals surface area contributed by atoms with Crippen LogP contribution in [0.25, 0.3) is 10.9 Å². The van der Waals surface area contributed by atoms with Gasteiger partial charge in [0.25, 0.3) is 0 Å². The Morgan fingerprint density at radius 3 is 2.40 bits per heavy atom. The van der Waals surface area contributed by atoms with Crippen molar-refractivity contribution in [1.29, 1.82) is 0 Å². The molecule has 2 heterocycles. The molecule has 0 bridgehead atoms. The highest BCUT2D eigenvalue weighted by molar-refractivity contribution is 9.10. The summed E-state index contributed by atoms with van der Waals surface area (Å²) in [6.07, 6.45) is 5.86. The zero-order chi connectivity index (χ0) is 30.6. The van der Waals surface area contributed by atoms with Crippen LogP contribution in [0, 0.1) is 5.92 Å². The van der Waals surface area contributed by atoms with Gasteiger partial charge in [0.05, 0.1) is 45.3 Å². The van der Waals surface area contributed by atoms with Crippen LogP contribution < -0.4 is 14.8 Å². The number of likely N-dealkylation sites (tertiary alicyclic amines) is 1. The van der Waals surface area contributed by atoms with Gasteiger partial charge in [0.15, 0.2) is 11.5 Å². The van der Waals surface area contributed by atoms with Gasteiger partial charge in [0.1, 0.15) is 12.1 Å². The van der Waals surface area contributed by atoms with Gasteiger partial charge in [-0.05, 0) is 82.8 Å². The minimum absolute atomic E-state index is 0.198. The average molecular weight is 658 g/mol. The second-order valence-electron chi connectivity index (χ2n) is 10.5. The molecule has 0 radical (unpaired) electrons. The topological polar surface area (TPSA) is 112 Å². The Kier molecular flexibility index (Phi) is 12.4. The van der Waals surface area contributed by atoms with Crippen molar-refractivity contribution in [1.82, 2.24) is 14.9 Å². The lowest BCUT2D eigenvalue weighted by Crippen LogP contribution is -2.44. The summed E-state index contributed by atoms with van der Waals surface area (Å²) < 4.78 is 23.1. The molecule has 1 fully saturated rings. The molecule has 1 aliphatic rings. The second-order valence-corrected chi connectivity index (χ2v) is 11.4. The summed E-state index contributed by atoms with van der Waals surface area (Å²) in [4.78, 5) is 35.5. The van der Waals surface area contributed by atoms with Crippen LogP contribution in [-0.4, -0.2) is 72.9 Å². The number of methoxy groups -OCH3 is 1. The van der Waals surface area contributed by atoms with E-state index in [9.17, 15) is 9.59 Å².